The van der Waals surface area contributed by atoms with Gasteiger partial charge < -0.3 is 15.4 Å². The predicted molar refractivity (Wildman–Crippen MR) is 97.7 cm³/mol. The summed E-state index contributed by atoms with van der Waals surface area (Å²) in [6, 6.07) is 17.1. The standard InChI is InChI=1S/C20H22N2O3/c1-4-21-14(2)18(20(24)25-3)22-19(23)17-12-10-16(11-13-17)15-8-6-5-7-9-15/h5-13,21H,4H2,1-3H3,(H,22,23)/b18-14+. The highest BCUT2D eigenvalue weighted by atomic mass is 16.5. The van der Waals surface area contributed by atoms with Crippen LogP contribution in [0.5, 0.6) is 0 Å². The molecular formula is C20H22N2O3. The highest BCUT2D eigenvalue weighted by Crippen LogP contribution is 2.19. The molecule has 0 spiro atoms. The van der Waals surface area contributed by atoms with Crippen molar-refractivity contribution < 1.29 is 14.3 Å². The third-order valence-electron chi connectivity index (χ3n) is 3.70. The molecule has 5 nitrogen and oxygen atoms in total. The van der Waals surface area contributed by atoms with Crippen molar-refractivity contribution in [3.05, 3.63) is 71.6 Å². The third kappa shape index (κ3) is 4.70. The van der Waals surface area contributed by atoms with Crippen LogP contribution in [0.3, 0.4) is 0 Å². The van der Waals surface area contributed by atoms with Crippen molar-refractivity contribution in [2.75, 3.05) is 13.7 Å². The molecule has 0 aliphatic heterocycles. The molecular weight excluding hydrogens is 316 g/mol. The van der Waals surface area contributed by atoms with Gasteiger partial charge in [0.15, 0.2) is 0 Å². The first-order chi connectivity index (χ1) is 12.1. The van der Waals surface area contributed by atoms with E-state index < -0.39 is 5.97 Å². The molecule has 0 aromatic heterocycles. The fourth-order valence-corrected chi connectivity index (χ4v) is 2.38. The normalized spacial score (nSPS) is 11.3. The van der Waals surface area contributed by atoms with Gasteiger partial charge in [0, 0.05) is 17.8 Å². The van der Waals surface area contributed by atoms with E-state index >= 15 is 0 Å². The summed E-state index contributed by atoms with van der Waals surface area (Å²) < 4.78 is 4.74. The molecule has 2 aromatic carbocycles. The molecule has 5 heteroatoms. The van der Waals surface area contributed by atoms with E-state index in [-0.39, 0.29) is 11.6 Å². The molecule has 0 saturated carbocycles. The molecule has 2 N–H and O–H groups in total. The van der Waals surface area contributed by atoms with E-state index in [9.17, 15) is 9.59 Å². The summed E-state index contributed by atoms with van der Waals surface area (Å²) in [6.45, 7) is 4.25. The average molecular weight is 338 g/mol. The first-order valence-electron chi connectivity index (χ1n) is 8.06. The molecule has 25 heavy (non-hydrogen) atoms. The largest absolute Gasteiger partial charge is 0.464 e. The van der Waals surface area contributed by atoms with Gasteiger partial charge in [-0.05, 0) is 37.1 Å². The number of hydrogen-bond acceptors (Lipinski definition) is 4. The van der Waals surface area contributed by atoms with E-state index in [4.69, 9.17) is 4.74 Å². The lowest BCUT2D eigenvalue weighted by Gasteiger charge is -2.13. The topological polar surface area (TPSA) is 67.4 Å². The van der Waals surface area contributed by atoms with Crippen molar-refractivity contribution in [2.24, 2.45) is 0 Å². The molecule has 0 aliphatic rings. The van der Waals surface area contributed by atoms with Crippen LogP contribution in [0, 0.1) is 0 Å². The quantitative estimate of drug-likeness (QED) is 0.627. The van der Waals surface area contributed by atoms with E-state index in [0.29, 0.717) is 17.8 Å². The minimum atomic E-state index is -0.590. The summed E-state index contributed by atoms with van der Waals surface area (Å²) in [6.07, 6.45) is 0. The number of benzene rings is 2. The fourth-order valence-electron chi connectivity index (χ4n) is 2.38. The number of methoxy groups -OCH3 is 1. The predicted octanol–water partition coefficient (Wildman–Crippen LogP) is 3.10. The molecule has 0 atom stereocenters. The number of allylic oxidation sites excluding steroid dienone is 1. The van der Waals surface area contributed by atoms with Gasteiger partial charge in [-0.15, -0.1) is 0 Å². The Morgan fingerprint density at radius 2 is 1.56 bits per heavy atom. The first-order valence-corrected chi connectivity index (χ1v) is 8.06. The van der Waals surface area contributed by atoms with Gasteiger partial charge in [-0.1, -0.05) is 42.5 Å². The average Bonchev–Trinajstić information content (AvgIpc) is 2.66. The summed E-state index contributed by atoms with van der Waals surface area (Å²) in [5.41, 5.74) is 3.23. The van der Waals surface area contributed by atoms with Crippen LogP contribution < -0.4 is 10.6 Å². The van der Waals surface area contributed by atoms with Gasteiger partial charge >= 0.3 is 5.97 Å². The lowest BCUT2D eigenvalue weighted by molar-refractivity contribution is -0.136. The second-order valence-electron chi connectivity index (χ2n) is 5.42. The molecule has 0 bridgehead atoms. The Labute approximate surface area is 147 Å². The number of hydrogen-bond donors (Lipinski definition) is 2. The number of amides is 1. The fraction of sp³-hybridized carbons (Fsp3) is 0.200. The van der Waals surface area contributed by atoms with Crippen molar-refractivity contribution >= 4 is 11.9 Å². The second-order valence-corrected chi connectivity index (χ2v) is 5.42. The van der Waals surface area contributed by atoms with Gasteiger partial charge in [0.2, 0.25) is 0 Å². The van der Waals surface area contributed by atoms with E-state index in [2.05, 4.69) is 10.6 Å². The Bertz CT molecular complexity index is 765. The van der Waals surface area contributed by atoms with Gasteiger partial charge in [-0.25, -0.2) is 4.79 Å². The maximum Gasteiger partial charge on any atom is 0.356 e. The van der Waals surface area contributed by atoms with Crippen LogP contribution in [0.2, 0.25) is 0 Å². The molecule has 0 unspecified atom stereocenters. The van der Waals surface area contributed by atoms with E-state index in [1.165, 1.54) is 7.11 Å². The zero-order valence-electron chi connectivity index (χ0n) is 14.6. The SMILES string of the molecule is CCN/C(C)=C(/NC(=O)c1ccc(-c2ccccc2)cc1)C(=O)OC. The molecule has 0 heterocycles. The Hall–Kier alpha value is -3.08. The minimum Gasteiger partial charge on any atom is -0.464 e. The zero-order valence-corrected chi connectivity index (χ0v) is 14.6. The molecule has 0 fully saturated rings. The highest BCUT2D eigenvalue weighted by Gasteiger charge is 2.17. The molecule has 0 aliphatic carbocycles. The lowest BCUT2D eigenvalue weighted by atomic mass is 10.0. The molecule has 0 saturated heterocycles. The number of carbonyl (C=O) groups excluding carboxylic acids is 2. The molecule has 0 radical (unpaired) electrons. The van der Waals surface area contributed by atoms with Crippen LogP contribution in [0.15, 0.2) is 66.0 Å². The number of esters is 1. The summed E-state index contributed by atoms with van der Waals surface area (Å²) in [7, 11) is 1.28. The van der Waals surface area contributed by atoms with Crippen LogP contribution in [-0.2, 0) is 9.53 Å². The zero-order chi connectivity index (χ0) is 18.2. The van der Waals surface area contributed by atoms with Gasteiger partial charge in [0.1, 0.15) is 5.70 Å². The maximum atomic E-state index is 12.5. The first kappa shape index (κ1) is 18.3. The summed E-state index contributed by atoms with van der Waals surface area (Å²) in [5.74, 6) is -0.954. The molecule has 130 valence electrons. The lowest BCUT2D eigenvalue weighted by Crippen LogP contribution is -2.32. The van der Waals surface area contributed by atoms with E-state index in [1.54, 1.807) is 19.1 Å². The number of carbonyl (C=O) groups is 2. The second kappa shape index (κ2) is 8.68. The highest BCUT2D eigenvalue weighted by molar-refractivity contribution is 6.01. The molecule has 2 rings (SSSR count). The summed E-state index contributed by atoms with van der Waals surface area (Å²) in [4.78, 5) is 24.4. The van der Waals surface area contributed by atoms with Crippen LogP contribution in [-0.4, -0.2) is 25.5 Å². The van der Waals surface area contributed by atoms with Crippen LogP contribution >= 0.6 is 0 Å². The van der Waals surface area contributed by atoms with Crippen LogP contribution in [0.25, 0.3) is 11.1 Å². The number of ether oxygens (including phenoxy) is 1. The minimum absolute atomic E-state index is 0.112. The Morgan fingerprint density at radius 3 is 2.12 bits per heavy atom. The van der Waals surface area contributed by atoms with Crippen molar-refractivity contribution in [1.29, 1.82) is 0 Å². The third-order valence-corrected chi connectivity index (χ3v) is 3.70. The van der Waals surface area contributed by atoms with Crippen molar-refractivity contribution in [1.82, 2.24) is 10.6 Å². The smallest absolute Gasteiger partial charge is 0.356 e. The van der Waals surface area contributed by atoms with Crippen LogP contribution in [0.1, 0.15) is 24.2 Å². The van der Waals surface area contributed by atoms with Gasteiger partial charge in [-0.3, -0.25) is 4.79 Å². The monoisotopic (exact) mass is 338 g/mol. The summed E-state index contributed by atoms with van der Waals surface area (Å²) in [5, 5.41) is 5.64. The van der Waals surface area contributed by atoms with Crippen molar-refractivity contribution in [3.8, 4) is 11.1 Å². The van der Waals surface area contributed by atoms with Gasteiger partial charge in [0.25, 0.3) is 5.91 Å². The van der Waals surface area contributed by atoms with Crippen LogP contribution in [0.4, 0.5) is 0 Å². The van der Waals surface area contributed by atoms with Crippen molar-refractivity contribution in [2.45, 2.75) is 13.8 Å². The maximum absolute atomic E-state index is 12.5. The molecule has 1 amide bonds. The van der Waals surface area contributed by atoms with Gasteiger partial charge in [0.05, 0.1) is 7.11 Å². The van der Waals surface area contributed by atoms with Gasteiger partial charge in [-0.2, -0.15) is 0 Å². The number of nitrogens with one attached hydrogen (secondary N) is 2. The Kier molecular flexibility index (Phi) is 6.34. The van der Waals surface area contributed by atoms with E-state index in [0.717, 1.165) is 11.1 Å². The Balaban J connectivity index is 2.19. The van der Waals surface area contributed by atoms with E-state index in [1.807, 2.05) is 49.4 Å². The number of rotatable bonds is 6. The molecule has 2 aromatic rings. The Morgan fingerprint density at radius 1 is 0.960 bits per heavy atom. The summed E-state index contributed by atoms with van der Waals surface area (Å²) >= 11 is 0. The van der Waals surface area contributed by atoms with Crippen molar-refractivity contribution in [3.63, 3.8) is 0 Å².